The molecular weight excluding hydrogens is 196 g/mol. The minimum absolute atomic E-state index is 0.830. The third kappa shape index (κ3) is 2.14. The Morgan fingerprint density at radius 2 is 1.44 bits per heavy atom. The number of piperidine rings is 1. The van der Waals surface area contributed by atoms with E-state index in [1.807, 2.05) is 0 Å². The van der Waals surface area contributed by atoms with Crippen LogP contribution >= 0.6 is 0 Å². The summed E-state index contributed by atoms with van der Waals surface area (Å²) in [5, 5.41) is 3.95. The van der Waals surface area contributed by atoms with Crippen LogP contribution in [0.2, 0.25) is 0 Å². The third-order valence-corrected chi connectivity index (χ3v) is 5.17. The van der Waals surface area contributed by atoms with Crippen molar-refractivity contribution >= 4 is 0 Å². The maximum Gasteiger partial charge on any atom is 0.0111 e. The molecule has 0 unspecified atom stereocenters. The molecule has 2 heterocycles. The highest BCUT2D eigenvalue weighted by molar-refractivity contribution is 4.96. The number of hydrogen-bond donors (Lipinski definition) is 1. The summed E-state index contributed by atoms with van der Waals surface area (Å²) in [7, 11) is 2.33. The Labute approximate surface area is 99.8 Å². The predicted octanol–water partition coefficient (Wildman–Crippen LogP) is 2.53. The van der Waals surface area contributed by atoms with Crippen molar-refractivity contribution in [3.8, 4) is 0 Å². The van der Waals surface area contributed by atoms with Crippen molar-refractivity contribution in [1.82, 2.24) is 10.2 Å². The van der Waals surface area contributed by atoms with Gasteiger partial charge in [0, 0.05) is 24.2 Å². The van der Waals surface area contributed by atoms with E-state index in [1.165, 1.54) is 57.8 Å². The van der Waals surface area contributed by atoms with Gasteiger partial charge < -0.3 is 10.2 Å². The number of nitrogens with zero attached hydrogens (tertiary/aromatic N) is 1. The first-order valence-electron chi connectivity index (χ1n) is 7.31. The highest BCUT2D eigenvalue weighted by Crippen LogP contribution is 2.34. The Morgan fingerprint density at radius 3 is 2.06 bits per heavy atom. The lowest BCUT2D eigenvalue weighted by atomic mass is 9.92. The molecule has 0 spiro atoms. The van der Waals surface area contributed by atoms with Gasteiger partial charge in [-0.2, -0.15) is 0 Å². The van der Waals surface area contributed by atoms with E-state index in [-0.39, 0.29) is 0 Å². The van der Waals surface area contributed by atoms with Gasteiger partial charge in [0.2, 0.25) is 0 Å². The summed E-state index contributed by atoms with van der Waals surface area (Å²) in [4.78, 5) is 2.64. The van der Waals surface area contributed by atoms with E-state index in [2.05, 4.69) is 17.3 Å². The third-order valence-electron chi connectivity index (χ3n) is 5.17. The van der Waals surface area contributed by atoms with E-state index in [0.717, 1.165) is 24.2 Å². The van der Waals surface area contributed by atoms with Crippen molar-refractivity contribution in [3.05, 3.63) is 0 Å². The summed E-state index contributed by atoms with van der Waals surface area (Å²) in [6.07, 6.45) is 13.0. The fourth-order valence-electron chi connectivity index (χ4n) is 4.15. The maximum absolute atomic E-state index is 3.95. The zero-order valence-electron chi connectivity index (χ0n) is 10.6. The van der Waals surface area contributed by atoms with Gasteiger partial charge in [-0.05, 0) is 45.6 Å². The van der Waals surface area contributed by atoms with Crippen LogP contribution in [0.15, 0.2) is 0 Å². The molecule has 2 saturated heterocycles. The van der Waals surface area contributed by atoms with E-state index < -0.39 is 0 Å². The maximum atomic E-state index is 3.95. The number of rotatable bonds is 2. The van der Waals surface area contributed by atoms with Crippen molar-refractivity contribution in [2.24, 2.45) is 0 Å². The smallest absolute Gasteiger partial charge is 0.0111 e. The Balaban J connectivity index is 1.53. The van der Waals surface area contributed by atoms with Crippen LogP contribution in [0.4, 0.5) is 0 Å². The van der Waals surface area contributed by atoms with Crippen molar-refractivity contribution < 1.29 is 0 Å². The molecule has 1 N–H and O–H groups in total. The van der Waals surface area contributed by atoms with Crippen molar-refractivity contribution in [3.63, 3.8) is 0 Å². The molecule has 0 aromatic rings. The van der Waals surface area contributed by atoms with Gasteiger partial charge in [-0.1, -0.05) is 19.3 Å². The molecule has 16 heavy (non-hydrogen) atoms. The normalized spacial score (nSPS) is 41.4. The van der Waals surface area contributed by atoms with Crippen LogP contribution in [0.3, 0.4) is 0 Å². The fourth-order valence-corrected chi connectivity index (χ4v) is 4.15. The Hall–Kier alpha value is -0.0800. The Kier molecular flexibility index (Phi) is 3.21. The minimum Gasteiger partial charge on any atom is -0.311 e. The largest absolute Gasteiger partial charge is 0.311 e. The molecule has 3 aliphatic rings. The van der Waals surface area contributed by atoms with E-state index in [9.17, 15) is 0 Å². The minimum atomic E-state index is 0.830. The average Bonchev–Trinajstić information content (AvgIpc) is 2.54. The van der Waals surface area contributed by atoms with Crippen molar-refractivity contribution in [2.45, 2.75) is 82.0 Å². The van der Waals surface area contributed by atoms with Crippen LogP contribution in [0.5, 0.6) is 0 Å². The summed E-state index contributed by atoms with van der Waals surface area (Å²) in [5.74, 6) is 0. The average molecular weight is 222 g/mol. The topological polar surface area (TPSA) is 15.3 Å². The van der Waals surface area contributed by atoms with Crippen LogP contribution in [0.25, 0.3) is 0 Å². The number of fused-ring (bicyclic) bond motifs is 2. The zero-order valence-corrected chi connectivity index (χ0v) is 10.6. The summed E-state index contributed by atoms with van der Waals surface area (Å²) in [6.45, 7) is 0. The molecule has 2 aliphatic heterocycles. The molecule has 92 valence electrons. The standard InChI is InChI=1S/C14H26N2/c1-16-13-7-8-14(16)10-12(9-13)15-11-5-3-2-4-6-11/h11-15H,2-10H2,1H3/t13-,14-/m1/s1. The molecule has 0 amide bonds. The highest BCUT2D eigenvalue weighted by atomic mass is 15.2. The van der Waals surface area contributed by atoms with Crippen LogP contribution < -0.4 is 5.32 Å². The molecule has 1 aliphatic carbocycles. The molecule has 1 saturated carbocycles. The monoisotopic (exact) mass is 222 g/mol. The first-order chi connectivity index (χ1) is 7.83. The van der Waals surface area contributed by atoms with Gasteiger partial charge in [-0.25, -0.2) is 0 Å². The summed E-state index contributed by atoms with van der Waals surface area (Å²) >= 11 is 0. The van der Waals surface area contributed by atoms with Gasteiger partial charge in [0.15, 0.2) is 0 Å². The van der Waals surface area contributed by atoms with Crippen LogP contribution in [0, 0.1) is 0 Å². The fraction of sp³-hybridized carbons (Fsp3) is 1.00. The molecular formula is C14H26N2. The van der Waals surface area contributed by atoms with E-state index in [1.54, 1.807) is 0 Å². The molecule has 3 rings (SSSR count). The molecule has 3 fully saturated rings. The molecule has 2 atom stereocenters. The molecule has 0 aromatic heterocycles. The predicted molar refractivity (Wildman–Crippen MR) is 67.6 cm³/mol. The Bertz CT molecular complexity index is 221. The Morgan fingerprint density at radius 1 is 0.812 bits per heavy atom. The SMILES string of the molecule is CN1[C@@H]2CC[C@@H]1CC(NC1CCCCC1)C2. The van der Waals surface area contributed by atoms with Gasteiger partial charge in [0.1, 0.15) is 0 Å². The number of hydrogen-bond acceptors (Lipinski definition) is 2. The van der Waals surface area contributed by atoms with Crippen LogP contribution in [0.1, 0.15) is 57.8 Å². The number of nitrogens with one attached hydrogen (secondary N) is 1. The second kappa shape index (κ2) is 4.66. The summed E-state index contributed by atoms with van der Waals surface area (Å²) in [6, 6.07) is 3.46. The molecule has 2 nitrogen and oxygen atoms in total. The highest BCUT2D eigenvalue weighted by Gasteiger charge is 2.38. The second-order valence-corrected chi connectivity index (χ2v) is 6.22. The van der Waals surface area contributed by atoms with Crippen LogP contribution in [-0.4, -0.2) is 36.1 Å². The molecule has 0 aromatic carbocycles. The van der Waals surface area contributed by atoms with Gasteiger partial charge in [0.25, 0.3) is 0 Å². The summed E-state index contributed by atoms with van der Waals surface area (Å²) in [5.41, 5.74) is 0. The van der Waals surface area contributed by atoms with Crippen molar-refractivity contribution in [2.75, 3.05) is 7.05 Å². The van der Waals surface area contributed by atoms with Gasteiger partial charge in [0.05, 0.1) is 0 Å². The first-order valence-corrected chi connectivity index (χ1v) is 7.31. The molecule has 2 bridgehead atoms. The summed E-state index contributed by atoms with van der Waals surface area (Å²) < 4.78 is 0. The quantitative estimate of drug-likeness (QED) is 0.772. The van der Waals surface area contributed by atoms with Gasteiger partial charge >= 0.3 is 0 Å². The first kappa shape index (κ1) is 11.0. The van der Waals surface area contributed by atoms with E-state index in [4.69, 9.17) is 0 Å². The molecule has 2 heteroatoms. The van der Waals surface area contributed by atoms with Gasteiger partial charge in [-0.15, -0.1) is 0 Å². The lowest BCUT2D eigenvalue weighted by Crippen LogP contribution is -2.50. The van der Waals surface area contributed by atoms with E-state index in [0.29, 0.717) is 0 Å². The van der Waals surface area contributed by atoms with Gasteiger partial charge in [-0.3, -0.25) is 0 Å². The van der Waals surface area contributed by atoms with Crippen molar-refractivity contribution in [1.29, 1.82) is 0 Å². The lowest BCUT2D eigenvalue weighted by Gasteiger charge is -2.39. The second-order valence-electron chi connectivity index (χ2n) is 6.22. The van der Waals surface area contributed by atoms with E-state index >= 15 is 0 Å². The zero-order chi connectivity index (χ0) is 11.0. The molecule has 0 radical (unpaired) electrons. The lowest BCUT2D eigenvalue weighted by molar-refractivity contribution is 0.139. The van der Waals surface area contributed by atoms with Crippen LogP contribution in [-0.2, 0) is 0 Å².